The van der Waals surface area contributed by atoms with Gasteiger partial charge in [0.1, 0.15) is 5.82 Å². The average Bonchev–Trinajstić information content (AvgIpc) is 2.53. The SMILES string of the molecule is O=C(O)C1CCCN(C(=O)OC(F)(F)OCc2cccc(F)c2)C1. The predicted molar refractivity (Wildman–Crippen MR) is 74.5 cm³/mol. The molecule has 1 aromatic carbocycles. The fraction of sp³-hybridized carbons (Fsp3) is 0.467. The maximum absolute atomic E-state index is 13.6. The second kappa shape index (κ2) is 7.52. The number of carbonyl (C=O) groups excluding carboxylic acids is 1. The Morgan fingerprint density at radius 3 is 2.79 bits per heavy atom. The molecule has 1 unspecified atom stereocenters. The number of rotatable bonds is 5. The Labute approximate surface area is 135 Å². The monoisotopic (exact) mass is 347 g/mol. The highest BCUT2D eigenvalue weighted by Crippen LogP contribution is 2.23. The Bertz CT molecular complexity index is 611. The van der Waals surface area contributed by atoms with Crippen molar-refractivity contribution < 1.29 is 37.3 Å². The average molecular weight is 347 g/mol. The second-order valence-corrected chi connectivity index (χ2v) is 5.37. The Morgan fingerprint density at radius 2 is 2.12 bits per heavy atom. The molecule has 0 radical (unpaired) electrons. The van der Waals surface area contributed by atoms with Gasteiger partial charge in [-0.05, 0) is 30.5 Å². The van der Waals surface area contributed by atoms with E-state index in [1.165, 1.54) is 12.1 Å². The van der Waals surface area contributed by atoms with Crippen molar-refractivity contribution in [3.63, 3.8) is 0 Å². The first-order chi connectivity index (χ1) is 11.3. The van der Waals surface area contributed by atoms with E-state index in [2.05, 4.69) is 9.47 Å². The molecule has 1 amide bonds. The van der Waals surface area contributed by atoms with Crippen molar-refractivity contribution in [3.8, 4) is 0 Å². The van der Waals surface area contributed by atoms with Gasteiger partial charge in [0, 0.05) is 13.1 Å². The van der Waals surface area contributed by atoms with E-state index in [0.29, 0.717) is 12.8 Å². The number of aliphatic carboxylic acids is 1. The Hall–Kier alpha value is -2.29. The van der Waals surface area contributed by atoms with E-state index in [-0.39, 0.29) is 18.7 Å². The van der Waals surface area contributed by atoms with Gasteiger partial charge < -0.3 is 14.7 Å². The van der Waals surface area contributed by atoms with Crippen molar-refractivity contribution in [1.29, 1.82) is 0 Å². The standard InChI is InChI=1S/C15H16F3NO5/c16-12-5-1-3-10(7-12)9-23-15(17,18)24-14(22)19-6-2-4-11(8-19)13(20)21/h1,3,5,7,11H,2,4,6,8-9H2,(H,20,21). The third-order valence-electron chi connectivity index (χ3n) is 3.53. The second-order valence-electron chi connectivity index (χ2n) is 5.37. The van der Waals surface area contributed by atoms with Gasteiger partial charge in [0.15, 0.2) is 0 Å². The summed E-state index contributed by atoms with van der Waals surface area (Å²) in [5, 5.41) is 8.92. The summed E-state index contributed by atoms with van der Waals surface area (Å²) in [6.45, 7) is -0.730. The van der Waals surface area contributed by atoms with Crippen LogP contribution in [0.15, 0.2) is 24.3 Å². The normalized spacial score (nSPS) is 18.3. The molecule has 24 heavy (non-hydrogen) atoms. The van der Waals surface area contributed by atoms with Crippen molar-refractivity contribution in [1.82, 2.24) is 4.90 Å². The summed E-state index contributed by atoms with van der Waals surface area (Å²) in [5.41, 5.74) is 0.148. The molecule has 0 aliphatic carbocycles. The summed E-state index contributed by atoms with van der Waals surface area (Å²) in [6.07, 6.45) is -4.82. The molecule has 1 atom stereocenters. The van der Waals surface area contributed by atoms with E-state index in [9.17, 15) is 22.8 Å². The first-order valence-electron chi connectivity index (χ1n) is 7.24. The Kier molecular flexibility index (Phi) is 5.66. The van der Waals surface area contributed by atoms with E-state index in [4.69, 9.17) is 5.11 Å². The van der Waals surface area contributed by atoms with Gasteiger partial charge in [0.2, 0.25) is 0 Å². The summed E-state index contributed by atoms with van der Waals surface area (Å²) in [7, 11) is 0. The smallest absolute Gasteiger partial charge is 0.481 e. The molecule has 1 aliphatic heterocycles. The lowest BCUT2D eigenvalue weighted by atomic mass is 9.99. The molecule has 1 fully saturated rings. The van der Waals surface area contributed by atoms with Gasteiger partial charge in [-0.3, -0.25) is 9.53 Å². The quantitative estimate of drug-likeness (QED) is 0.829. The first-order valence-corrected chi connectivity index (χ1v) is 7.24. The maximum Gasteiger partial charge on any atom is 0.538 e. The van der Waals surface area contributed by atoms with E-state index in [1.54, 1.807) is 0 Å². The van der Waals surface area contributed by atoms with Crippen LogP contribution < -0.4 is 0 Å². The van der Waals surface area contributed by atoms with Crippen molar-refractivity contribution in [2.24, 2.45) is 5.92 Å². The molecule has 9 heteroatoms. The number of halogens is 3. The van der Waals surface area contributed by atoms with E-state index < -0.39 is 36.7 Å². The number of hydrogen-bond acceptors (Lipinski definition) is 4. The summed E-state index contributed by atoms with van der Waals surface area (Å²) in [4.78, 5) is 23.6. The predicted octanol–water partition coefficient (Wildman–Crippen LogP) is 2.83. The molecular formula is C15H16F3NO5. The van der Waals surface area contributed by atoms with Crippen LogP contribution in [-0.4, -0.2) is 41.5 Å². The number of amides is 1. The van der Waals surface area contributed by atoms with Crippen LogP contribution in [0.3, 0.4) is 0 Å². The molecule has 6 nitrogen and oxygen atoms in total. The Morgan fingerprint density at radius 1 is 1.38 bits per heavy atom. The number of carboxylic acid groups (broad SMARTS) is 1. The van der Waals surface area contributed by atoms with Crippen LogP contribution in [0.4, 0.5) is 18.0 Å². The highest BCUT2D eigenvalue weighted by molar-refractivity contribution is 5.73. The fourth-order valence-electron chi connectivity index (χ4n) is 2.33. The first kappa shape index (κ1) is 18.1. The molecule has 0 bridgehead atoms. The molecular weight excluding hydrogens is 331 g/mol. The van der Waals surface area contributed by atoms with Crippen molar-refractivity contribution in [3.05, 3.63) is 35.6 Å². The molecule has 0 saturated carbocycles. The number of piperidine rings is 1. The largest absolute Gasteiger partial charge is 0.538 e. The van der Waals surface area contributed by atoms with Gasteiger partial charge in [-0.2, -0.15) is 0 Å². The van der Waals surface area contributed by atoms with E-state index >= 15 is 0 Å². The molecule has 1 aliphatic rings. The molecule has 1 aromatic rings. The highest BCUT2D eigenvalue weighted by Gasteiger charge is 2.39. The highest BCUT2D eigenvalue weighted by atomic mass is 19.3. The molecule has 1 saturated heterocycles. The topological polar surface area (TPSA) is 76.1 Å². The molecule has 1 heterocycles. The number of ether oxygens (including phenoxy) is 2. The minimum absolute atomic E-state index is 0.128. The van der Waals surface area contributed by atoms with Crippen molar-refractivity contribution in [2.45, 2.75) is 25.7 Å². The van der Waals surface area contributed by atoms with Gasteiger partial charge >= 0.3 is 18.4 Å². The zero-order valence-corrected chi connectivity index (χ0v) is 12.6. The number of nitrogens with zero attached hydrogens (tertiary/aromatic N) is 1. The number of carbonyl (C=O) groups is 2. The zero-order chi connectivity index (χ0) is 17.7. The third kappa shape index (κ3) is 5.12. The van der Waals surface area contributed by atoms with Crippen molar-refractivity contribution in [2.75, 3.05) is 13.1 Å². The summed E-state index contributed by atoms with van der Waals surface area (Å²) >= 11 is 0. The number of carboxylic acids is 1. The maximum atomic E-state index is 13.6. The molecule has 0 aromatic heterocycles. The number of hydrogen-bond donors (Lipinski definition) is 1. The van der Waals surface area contributed by atoms with Crippen LogP contribution in [-0.2, 0) is 20.9 Å². The molecule has 2 rings (SSSR count). The van der Waals surface area contributed by atoms with Gasteiger partial charge in [0.05, 0.1) is 12.5 Å². The summed E-state index contributed by atoms with van der Waals surface area (Å²) in [6, 6.07) is 4.87. The molecule has 132 valence electrons. The lowest BCUT2D eigenvalue weighted by molar-refractivity contribution is -0.373. The van der Waals surface area contributed by atoms with E-state index in [1.807, 2.05) is 0 Å². The van der Waals surface area contributed by atoms with Gasteiger partial charge in [-0.15, -0.1) is 8.78 Å². The van der Waals surface area contributed by atoms with Crippen LogP contribution in [0.2, 0.25) is 0 Å². The summed E-state index contributed by atoms with van der Waals surface area (Å²) in [5.74, 6) is -2.51. The number of benzene rings is 1. The number of likely N-dealkylation sites (tertiary alicyclic amines) is 1. The lowest BCUT2D eigenvalue weighted by Crippen LogP contribution is -2.45. The van der Waals surface area contributed by atoms with Gasteiger partial charge in [-0.25, -0.2) is 9.18 Å². The van der Waals surface area contributed by atoms with Crippen LogP contribution in [0.25, 0.3) is 0 Å². The zero-order valence-electron chi connectivity index (χ0n) is 12.6. The van der Waals surface area contributed by atoms with Crippen LogP contribution >= 0.6 is 0 Å². The lowest BCUT2D eigenvalue weighted by Gasteiger charge is -2.30. The fourth-order valence-corrected chi connectivity index (χ4v) is 2.33. The Balaban J connectivity index is 1.88. The van der Waals surface area contributed by atoms with Gasteiger partial charge in [0.25, 0.3) is 0 Å². The summed E-state index contributed by atoms with van der Waals surface area (Å²) < 4.78 is 48.3. The van der Waals surface area contributed by atoms with Crippen LogP contribution in [0, 0.1) is 11.7 Å². The van der Waals surface area contributed by atoms with Crippen molar-refractivity contribution >= 4 is 12.1 Å². The van der Waals surface area contributed by atoms with Crippen LogP contribution in [0.5, 0.6) is 0 Å². The van der Waals surface area contributed by atoms with Gasteiger partial charge in [-0.1, -0.05) is 12.1 Å². The minimum atomic E-state index is -4.21. The van der Waals surface area contributed by atoms with Crippen LogP contribution in [0.1, 0.15) is 18.4 Å². The van der Waals surface area contributed by atoms with E-state index in [0.717, 1.165) is 17.0 Å². The minimum Gasteiger partial charge on any atom is -0.481 e. The molecule has 0 spiro atoms. The number of alkyl halides is 2. The molecule has 1 N–H and O–H groups in total. The third-order valence-corrected chi connectivity index (χ3v) is 3.53.